The molecule has 0 unspecified atom stereocenters. The molecular formula is C26H20FN3OS. The van der Waals surface area contributed by atoms with Gasteiger partial charge in [-0.05, 0) is 71.4 Å². The number of fused-ring (bicyclic) bond motifs is 1. The maximum atomic E-state index is 13.5. The molecular weight excluding hydrogens is 421 g/mol. The third kappa shape index (κ3) is 4.09. The smallest absolute Gasteiger partial charge is 0.266 e. The molecule has 5 rings (SSSR count). The van der Waals surface area contributed by atoms with Crippen LogP contribution < -0.4 is 0 Å². The Balaban J connectivity index is 1.40. The number of rotatable bonds is 4. The number of hydrogen-bond donors (Lipinski definition) is 0. The van der Waals surface area contributed by atoms with E-state index < -0.39 is 0 Å². The molecule has 4 aromatic rings. The van der Waals surface area contributed by atoms with Crippen molar-refractivity contribution >= 4 is 45.5 Å². The minimum Gasteiger partial charge on any atom is -0.343 e. The fraction of sp³-hybridized carbons (Fsp3) is 0.0769. The zero-order chi connectivity index (χ0) is 22.1. The predicted octanol–water partition coefficient (Wildman–Crippen LogP) is 6.06. The number of benzene rings is 3. The van der Waals surface area contributed by atoms with E-state index in [0.717, 1.165) is 27.7 Å². The van der Waals surface area contributed by atoms with Crippen molar-refractivity contribution in [2.75, 3.05) is 7.05 Å². The highest BCUT2D eigenvalue weighted by atomic mass is 32.2. The molecule has 4 nitrogen and oxygen atoms in total. The van der Waals surface area contributed by atoms with Crippen LogP contribution in [0.5, 0.6) is 0 Å². The van der Waals surface area contributed by atoms with E-state index in [0.29, 0.717) is 16.6 Å². The van der Waals surface area contributed by atoms with Gasteiger partial charge in [0.25, 0.3) is 5.91 Å². The predicted molar refractivity (Wildman–Crippen MR) is 129 cm³/mol. The highest BCUT2D eigenvalue weighted by Crippen LogP contribution is 2.33. The van der Waals surface area contributed by atoms with Crippen LogP contribution in [0.15, 0.2) is 95.0 Å². The van der Waals surface area contributed by atoms with Gasteiger partial charge in [0.05, 0.1) is 10.6 Å². The molecule has 0 bridgehead atoms. The molecule has 3 aromatic carbocycles. The number of hydrogen-bond acceptors (Lipinski definition) is 3. The summed E-state index contributed by atoms with van der Waals surface area (Å²) >= 11 is 1.38. The first-order chi connectivity index (χ1) is 15.6. The Labute approximate surface area is 189 Å². The van der Waals surface area contributed by atoms with Gasteiger partial charge in [-0.2, -0.15) is 0 Å². The van der Waals surface area contributed by atoms with Crippen LogP contribution in [0.2, 0.25) is 0 Å². The third-order valence-electron chi connectivity index (χ3n) is 5.32. The second-order valence-corrected chi connectivity index (χ2v) is 8.61. The maximum Gasteiger partial charge on any atom is 0.266 e. The lowest BCUT2D eigenvalue weighted by atomic mass is 10.1. The molecule has 0 atom stereocenters. The van der Waals surface area contributed by atoms with Gasteiger partial charge in [-0.15, -0.1) is 0 Å². The molecule has 0 spiro atoms. The summed E-state index contributed by atoms with van der Waals surface area (Å²) in [6.07, 6.45) is 3.90. The van der Waals surface area contributed by atoms with Crippen molar-refractivity contribution in [3.63, 3.8) is 0 Å². The van der Waals surface area contributed by atoms with E-state index in [4.69, 9.17) is 0 Å². The van der Waals surface area contributed by atoms with Gasteiger partial charge in [0.15, 0.2) is 5.17 Å². The van der Waals surface area contributed by atoms with Crippen LogP contribution in [0.3, 0.4) is 0 Å². The number of aliphatic imine (C=N–C) groups is 1. The van der Waals surface area contributed by atoms with Crippen molar-refractivity contribution in [2.45, 2.75) is 6.54 Å². The van der Waals surface area contributed by atoms with Gasteiger partial charge in [0, 0.05) is 30.7 Å². The Morgan fingerprint density at radius 3 is 2.66 bits per heavy atom. The summed E-state index contributed by atoms with van der Waals surface area (Å²) in [6, 6.07) is 24.4. The van der Waals surface area contributed by atoms with Crippen molar-refractivity contribution in [1.29, 1.82) is 0 Å². The molecule has 1 aliphatic rings. The Kier molecular flexibility index (Phi) is 5.37. The number of nitrogens with zero attached hydrogens (tertiary/aromatic N) is 3. The van der Waals surface area contributed by atoms with Gasteiger partial charge in [-0.25, -0.2) is 9.38 Å². The maximum absolute atomic E-state index is 13.5. The molecule has 158 valence electrons. The molecule has 1 aromatic heterocycles. The number of carbonyl (C=O) groups is 1. The van der Waals surface area contributed by atoms with Crippen LogP contribution in [0.1, 0.15) is 11.1 Å². The zero-order valence-electron chi connectivity index (χ0n) is 17.4. The van der Waals surface area contributed by atoms with E-state index in [1.54, 1.807) is 24.1 Å². The highest BCUT2D eigenvalue weighted by Gasteiger charge is 2.30. The van der Waals surface area contributed by atoms with Crippen molar-refractivity contribution in [3.05, 3.63) is 107 Å². The number of likely N-dealkylation sites (N-methyl/N-ethyl adjacent to an activating group) is 1. The number of aromatic nitrogens is 1. The average Bonchev–Trinajstić information content (AvgIpc) is 3.30. The normalized spacial score (nSPS) is 16.6. The topological polar surface area (TPSA) is 37.6 Å². The minimum atomic E-state index is -0.230. The molecule has 0 saturated carbocycles. The van der Waals surface area contributed by atoms with Gasteiger partial charge < -0.3 is 4.57 Å². The van der Waals surface area contributed by atoms with Crippen LogP contribution in [-0.2, 0) is 11.3 Å². The van der Waals surface area contributed by atoms with Crippen LogP contribution >= 0.6 is 11.8 Å². The van der Waals surface area contributed by atoms with E-state index in [1.807, 2.05) is 66.9 Å². The molecule has 0 N–H and O–H groups in total. The number of halogens is 1. The molecule has 2 heterocycles. The standard InChI is InChI=1S/C26H20FN3OS/c1-29-25(31)24(32-26(29)28-22-8-3-2-4-9-22)16-18-10-11-23-20(14-18)12-13-30(23)17-19-6-5-7-21(27)15-19/h2-16H,17H2,1H3/b24-16+,28-26?. The van der Waals surface area contributed by atoms with E-state index in [1.165, 1.54) is 17.8 Å². The van der Waals surface area contributed by atoms with Gasteiger partial charge in [0.1, 0.15) is 5.82 Å². The Bertz CT molecular complexity index is 1370. The molecule has 1 amide bonds. The second kappa shape index (κ2) is 8.48. The first kappa shape index (κ1) is 20.3. The summed E-state index contributed by atoms with van der Waals surface area (Å²) in [7, 11) is 1.74. The lowest BCUT2D eigenvalue weighted by Crippen LogP contribution is -2.23. The van der Waals surface area contributed by atoms with E-state index in [2.05, 4.69) is 15.6 Å². The summed E-state index contributed by atoms with van der Waals surface area (Å²) in [5.41, 5.74) is 3.74. The fourth-order valence-electron chi connectivity index (χ4n) is 3.69. The number of thioether (sulfide) groups is 1. The fourth-order valence-corrected chi connectivity index (χ4v) is 4.68. The summed E-state index contributed by atoms with van der Waals surface area (Å²) in [4.78, 5) is 19.5. The lowest BCUT2D eigenvalue weighted by Gasteiger charge is -2.07. The van der Waals surface area contributed by atoms with Gasteiger partial charge in [-0.1, -0.05) is 36.4 Å². The molecule has 32 heavy (non-hydrogen) atoms. The van der Waals surface area contributed by atoms with E-state index in [-0.39, 0.29) is 11.7 Å². The number of para-hydroxylation sites is 1. The van der Waals surface area contributed by atoms with Crippen LogP contribution in [0.4, 0.5) is 10.1 Å². The zero-order valence-corrected chi connectivity index (χ0v) is 18.2. The van der Waals surface area contributed by atoms with Crippen molar-refractivity contribution < 1.29 is 9.18 Å². The van der Waals surface area contributed by atoms with E-state index >= 15 is 0 Å². The first-order valence-electron chi connectivity index (χ1n) is 10.2. The number of amidine groups is 1. The van der Waals surface area contributed by atoms with Gasteiger partial charge >= 0.3 is 0 Å². The van der Waals surface area contributed by atoms with Crippen LogP contribution in [0.25, 0.3) is 17.0 Å². The monoisotopic (exact) mass is 441 g/mol. The van der Waals surface area contributed by atoms with Crippen LogP contribution in [0, 0.1) is 5.82 Å². The van der Waals surface area contributed by atoms with Crippen molar-refractivity contribution in [3.8, 4) is 0 Å². The Morgan fingerprint density at radius 1 is 1.00 bits per heavy atom. The number of amides is 1. The molecule has 0 aliphatic carbocycles. The first-order valence-corrected chi connectivity index (χ1v) is 11.0. The molecule has 1 saturated heterocycles. The molecule has 1 fully saturated rings. The molecule has 6 heteroatoms. The second-order valence-electron chi connectivity index (χ2n) is 7.60. The van der Waals surface area contributed by atoms with Gasteiger partial charge in [0.2, 0.25) is 0 Å². The van der Waals surface area contributed by atoms with Crippen molar-refractivity contribution in [2.24, 2.45) is 4.99 Å². The largest absolute Gasteiger partial charge is 0.343 e. The summed E-state index contributed by atoms with van der Waals surface area (Å²) in [5, 5.41) is 1.73. The average molecular weight is 442 g/mol. The lowest BCUT2D eigenvalue weighted by molar-refractivity contribution is -0.121. The SMILES string of the molecule is CN1C(=O)/C(=C\c2ccc3c(ccn3Cc3cccc(F)c3)c2)SC1=Nc1ccccc1. The van der Waals surface area contributed by atoms with Crippen molar-refractivity contribution in [1.82, 2.24) is 9.47 Å². The molecule has 1 aliphatic heterocycles. The Morgan fingerprint density at radius 2 is 1.84 bits per heavy atom. The number of carbonyl (C=O) groups excluding carboxylic acids is 1. The summed E-state index contributed by atoms with van der Waals surface area (Å²) in [6.45, 7) is 0.597. The summed E-state index contributed by atoms with van der Waals surface area (Å²) in [5.74, 6) is -0.291. The molecule has 0 radical (unpaired) electrons. The summed E-state index contributed by atoms with van der Waals surface area (Å²) < 4.78 is 15.6. The highest BCUT2D eigenvalue weighted by molar-refractivity contribution is 8.18. The third-order valence-corrected chi connectivity index (χ3v) is 6.38. The quantitative estimate of drug-likeness (QED) is 0.361. The minimum absolute atomic E-state index is 0.0616. The van der Waals surface area contributed by atoms with Gasteiger partial charge in [-0.3, -0.25) is 9.69 Å². The van der Waals surface area contributed by atoms with E-state index in [9.17, 15) is 9.18 Å². The van der Waals surface area contributed by atoms with Crippen LogP contribution in [-0.4, -0.2) is 27.6 Å². The Hall–Kier alpha value is -3.64.